The second-order valence-electron chi connectivity index (χ2n) is 7.96. The lowest BCUT2D eigenvalue weighted by Gasteiger charge is -2.23. The van der Waals surface area contributed by atoms with Crippen LogP contribution in [0.25, 0.3) is 28.4 Å². The summed E-state index contributed by atoms with van der Waals surface area (Å²) in [4.78, 5) is 17.5. The first-order valence-electron chi connectivity index (χ1n) is 10.1. The number of aromatic nitrogens is 4. The van der Waals surface area contributed by atoms with E-state index < -0.39 is 24.2 Å². The maximum absolute atomic E-state index is 13.3. The number of hydrogen-bond donors (Lipinski definition) is 3. The molecule has 0 saturated carbocycles. The van der Waals surface area contributed by atoms with Gasteiger partial charge in [-0.1, -0.05) is 17.3 Å². The number of fused-ring (bicyclic) bond motifs is 1. The minimum atomic E-state index is -5.08. The van der Waals surface area contributed by atoms with Crippen molar-refractivity contribution in [2.75, 3.05) is 5.73 Å². The summed E-state index contributed by atoms with van der Waals surface area (Å²) in [7, 11) is 0. The zero-order valence-electron chi connectivity index (χ0n) is 19.0. The van der Waals surface area contributed by atoms with Gasteiger partial charge in [-0.05, 0) is 38.0 Å². The maximum Gasteiger partial charge on any atom is 0.490 e. The molecule has 4 rings (SSSR count). The van der Waals surface area contributed by atoms with E-state index in [1.165, 1.54) is 6.07 Å². The van der Waals surface area contributed by atoms with Crippen LogP contribution in [0.1, 0.15) is 23.7 Å². The lowest BCUT2D eigenvalue weighted by molar-refractivity contribution is -0.192. The molecule has 3 heterocycles. The predicted octanol–water partition coefficient (Wildman–Crippen LogP) is 4.36. The second kappa shape index (κ2) is 9.53. The molecule has 36 heavy (non-hydrogen) atoms. The standard InChI is InChI=1S/C20H19F2N5O2.C2HF3O2/c1-10-4-5-12(20(3,28)19(21)22)7-13(10)15-8-24-18-17(23)25-14(9-27(15)18)16-6-11(2)26-29-16;3-2(4,5)1(6)7/h4-9,19,28H,1-3H3,(H2,23,25);(H,6,7). The molecule has 4 aromatic rings. The molecule has 0 amide bonds. The highest BCUT2D eigenvalue weighted by Gasteiger charge is 2.38. The van der Waals surface area contributed by atoms with Crippen LogP contribution in [0.15, 0.2) is 41.2 Å². The number of nitrogens with zero attached hydrogens (tertiary/aromatic N) is 4. The number of alkyl halides is 5. The number of carbonyl (C=O) groups is 1. The third kappa shape index (κ3) is 5.27. The average Bonchev–Trinajstić information content (AvgIpc) is 3.40. The molecule has 0 bridgehead atoms. The number of aliphatic hydroxyl groups is 1. The van der Waals surface area contributed by atoms with E-state index >= 15 is 0 Å². The van der Waals surface area contributed by atoms with Crippen LogP contribution >= 0.6 is 0 Å². The highest BCUT2D eigenvalue weighted by molar-refractivity contribution is 5.74. The normalized spacial score (nSPS) is 13.4. The molecular weight excluding hydrogens is 493 g/mol. The van der Waals surface area contributed by atoms with E-state index in [2.05, 4.69) is 15.1 Å². The Kier molecular flexibility index (Phi) is 7.02. The minimum absolute atomic E-state index is 0.108. The first kappa shape index (κ1) is 26.5. The summed E-state index contributed by atoms with van der Waals surface area (Å²) >= 11 is 0. The van der Waals surface area contributed by atoms with E-state index in [1.54, 1.807) is 41.9 Å². The van der Waals surface area contributed by atoms with Crippen LogP contribution in [0.5, 0.6) is 0 Å². The summed E-state index contributed by atoms with van der Waals surface area (Å²) < 4.78 is 65.4. The Hall–Kier alpha value is -4.07. The van der Waals surface area contributed by atoms with Gasteiger partial charge in [-0.15, -0.1) is 0 Å². The molecular formula is C22H20F5N5O4. The first-order valence-corrected chi connectivity index (χ1v) is 10.1. The smallest absolute Gasteiger partial charge is 0.475 e. The number of benzene rings is 1. The molecule has 0 radical (unpaired) electrons. The van der Waals surface area contributed by atoms with Gasteiger partial charge in [0.05, 0.1) is 17.6 Å². The fraction of sp³-hybridized carbons (Fsp3) is 0.273. The van der Waals surface area contributed by atoms with Crippen molar-refractivity contribution in [2.24, 2.45) is 0 Å². The predicted molar refractivity (Wildman–Crippen MR) is 117 cm³/mol. The van der Waals surface area contributed by atoms with Gasteiger partial charge in [0, 0.05) is 17.8 Å². The molecule has 1 aromatic carbocycles. The summed E-state index contributed by atoms with van der Waals surface area (Å²) in [6.45, 7) is 4.73. The van der Waals surface area contributed by atoms with Crippen molar-refractivity contribution in [3.63, 3.8) is 0 Å². The molecule has 1 atom stereocenters. The molecule has 0 fully saturated rings. The van der Waals surface area contributed by atoms with Crippen LogP contribution in [0.4, 0.5) is 27.8 Å². The van der Waals surface area contributed by atoms with E-state index in [9.17, 15) is 27.1 Å². The number of aryl methyl sites for hydroxylation is 2. The molecule has 0 aliphatic heterocycles. The van der Waals surface area contributed by atoms with Gasteiger partial charge in [0.15, 0.2) is 17.2 Å². The number of nitrogen functional groups attached to an aromatic ring is 1. The number of carboxylic acids is 1. The number of imidazole rings is 1. The summed E-state index contributed by atoms with van der Waals surface area (Å²) in [6.07, 6.45) is -4.72. The van der Waals surface area contributed by atoms with Crippen LogP contribution in [0.2, 0.25) is 0 Å². The second-order valence-corrected chi connectivity index (χ2v) is 7.96. The van der Waals surface area contributed by atoms with Crippen molar-refractivity contribution >= 4 is 17.4 Å². The molecule has 14 heteroatoms. The van der Waals surface area contributed by atoms with Gasteiger partial charge < -0.3 is 20.5 Å². The van der Waals surface area contributed by atoms with Crippen LogP contribution in [-0.4, -0.2) is 48.3 Å². The molecule has 4 N–H and O–H groups in total. The van der Waals surface area contributed by atoms with Gasteiger partial charge in [-0.3, -0.25) is 4.40 Å². The fourth-order valence-corrected chi connectivity index (χ4v) is 3.15. The monoisotopic (exact) mass is 513 g/mol. The summed E-state index contributed by atoms with van der Waals surface area (Å²) in [5.74, 6) is -2.12. The Morgan fingerprint density at radius 1 is 1.19 bits per heavy atom. The van der Waals surface area contributed by atoms with E-state index in [-0.39, 0.29) is 11.4 Å². The Morgan fingerprint density at radius 2 is 1.83 bits per heavy atom. The van der Waals surface area contributed by atoms with Crippen molar-refractivity contribution < 1.29 is 41.5 Å². The molecule has 9 nitrogen and oxygen atoms in total. The van der Waals surface area contributed by atoms with E-state index in [0.29, 0.717) is 34.1 Å². The number of halogens is 5. The number of rotatable bonds is 4. The number of anilines is 1. The SMILES string of the molecule is Cc1cc(-c2cn3c(-c4cc(C(C)(O)C(F)F)ccc4C)cnc3c(N)n2)on1.O=C(O)C(F)(F)F. The van der Waals surface area contributed by atoms with E-state index in [4.69, 9.17) is 20.2 Å². The van der Waals surface area contributed by atoms with Gasteiger partial charge in [-0.25, -0.2) is 23.5 Å². The van der Waals surface area contributed by atoms with Crippen molar-refractivity contribution in [1.29, 1.82) is 0 Å². The van der Waals surface area contributed by atoms with Crippen LogP contribution in [0.3, 0.4) is 0 Å². The van der Waals surface area contributed by atoms with Gasteiger partial charge >= 0.3 is 12.1 Å². The Morgan fingerprint density at radius 3 is 2.36 bits per heavy atom. The van der Waals surface area contributed by atoms with Gasteiger partial charge in [0.2, 0.25) is 0 Å². The first-order chi connectivity index (χ1) is 16.6. The quantitative estimate of drug-likeness (QED) is 0.342. The highest BCUT2D eigenvalue weighted by Crippen LogP contribution is 2.34. The lowest BCUT2D eigenvalue weighted by Crippen LogP contribution is -2.30. The molecule has 0 spiro atoms. The maximum atomic E-state index is 13.3. The largest absolute Gasteiger partial charge is 0.490 e. The lowest BCUT2D eigenvalue weighted by atomic mass is 9.92. The summed E-state index contributed by atoms with van der Waals surface area (Å²) in [5.41, 5.74) is 7.58. The zero-order chi connectivity index (χ0) is 27.0. The van der Waals surface area contributed by atoms with Crippen LogP contribution in [0, 0.1) is 13.8 Å². The zero-order valence-corrected chi connectivity index (χ0v) is 19.0. The topological polar surface area (TPSA) is 140 Å². The Labute approximate surface area is 200 Å². The summed E-state index contributed by atoms with van der Waals surface area (Å²) in [5, 5.41) is 21.2. The van der Waals surface area contributed by atoms with Crippen molar-refractivity contribution in [3.05, 3.63) is 53.5 Å². The Balaban J connectivity index is 0.000000454. The molecule has 0 saturated heterocycles. The number of hydrogen-bond acceptors (Lipinski definition) is 7. The third-order valence-electron chi connectivity index (χ3n) is 5.16. The molecule has 1 unspecified atom stereocenters. The molecule has 0 aliphatic carbocycles. The third-order valence-corrected chi connectivity index (χ3v) is 5.16. The molecule has 192 valence electrons. The van der Waals surface area contributed by atoms with E-state index in [1.807, 2.05) is 6.92 Å². The highest BCUT2D eigenvalue weighted by atomic mass is 19.4. The fourth-order valence-electron chi connectivity index (χ4n) is 3.15. The van der Waals surface area contributed by atoms with Crippen molar-refractivity contribution in [1.82, 2.24) is 19.5 Å². The number of aliphatic carboxylic acids is 1. The van der Waals surface area contributed by atoms with Crippen molar-refractivity contribution in [2.45, 2.75) is 39.0 Å². The van der Waals surface area contributed by atoms with Gasteiger partial charge in [-0.2, -0.15) is 13.2 Å². The van der Waals surface area contributed by atoms with Crippen LogP contribution in [-0.2, 0) is 10.4 Å². The number of nitrogens with two attached hydrogens (primary N) is 1. The summed E-state index contributed by atoms with van der Waals surface area (Å²) in [6, 6.07) is 6.45. The van der Waals surface area contributed by atoms with Crippen molar-refractivity contribution in [3.8, 4) is 22.7 Å². The Bertz CT molecular complexity index is 1410. The van der Waals surface area contributed by atoms with Crippen LogP contribution < -0.4 is 5.73 Å². The van der Waals surface area contributed by atoms with Gasteiger partial charge in [0.25, 0.3) is 6.43 Å². The van der Waals surface area contributed by atoms with E-state index in [0.717, 1.165) is 12.5 Å². The molecule has 0 aliphatic rings. The van der Waals surface area contributed by atoms with Gasteiger partial charge in [0.1, 0.15) is 11.3 Å². The minimum Gasteiger partial charge on any atom is -0.475 e. The number of carboxylic acid groups (broad SMARTS) is 1. The molecule has 3 aromatic heterocycles. The average molecular weight is 513 g/mol.